The molecular formula is C26H33N5O3. The highest BCUT2D eigenvalue weighted by Crippen LogP contribution is 2.26. The smallest absolute Gasteiger partial charge is 0.211 e. The van der Waals surface area contributed by atoms with Crippen LogP contribution in [-0.4, -0.2) is 70.7 Å². The molecule has 0 unspecified atom stereocenters. The number of hydrogen-bond donors (Lipinski definition) is 2. The Bertz CT molecular complexity index is 1150. The van der Waals surface area contributed by atoms with Crippen molar-refractivity contribution < 1.29 is 9.21 Å². The van der Waals surface area contributed by atoms with Crippen molar-refractivity contribution >= 4 is 34.4 Å². The lowest BCUT2D eigenvalue weighted by Crippen LogP contribution is -2.44. The maximum Gasteiger partial charge on any atom is 0.211 e. The van der Waals surface area contributed by atoms with Crippen LogP contribution in [0.25, 0.3) is 11.0 Å². The van der Waals surface area contributed by atoms with E-state index in [0.717, 1.165) is 69.3 Å². The third kappa shape index (κ3) is 5.76. The van der Waals surface area contributed by atoms with E-state index in [4.69, 9.17) is 4.42 Å². The fourth-order valence-electron chi connectivity index (χ4n) is 4.33. The largest absolute Gasteiger partial charge is 0.459 e. The van der Waals surface area contributed by atoms with Crippen molar-refractivity contribution in [2.24, 2.45) is 0 Å². The number of rotatable bonds is 4. The number of aryl methyl sites for hydroxylation is 1. The summed E-state index contributed by atoms with van der Waals surface area (Å²) in [6, 6.07) is 15.3. The van der Waals surface area contributed by atoms with Gasteiger partial charge in [-0.25, -0.2) is 0 Å². The average Bonchev–Trinajstić information content (AvgIpc) is 2.86. The van der Waals surface area contributed by atoms with Gasteiger partial charge in [0.25, 0.3) is 0 Å². The van der Waals surface area contributed by atoms with Gasteiger partial charge in [-0.3, -0.25) is 9.59 Å². The molecule has 0 saturated carbocycles. The van der Waals surface area contributed by atoms with Crippen LogP contribution in [0.5, 0.6) is 0 Å². The summed E-state index contributed by atoms with van der Waals surface area (Å²) < 4.78 is 5.80. The molecule has 0 radical (unpaired) electrons. The number of fused-ring (bicyclic) bond motifs is 1. The first kappa shape index (κ1) is 23.8. The van der Waals surface area contributed by atoms with Gasteiger partial charge in [0.05, 0.1) is 11.1 Å². The van der Waals surface area contributed by atoms with Crippen LogP contribution in [0.4, 0.5) is 17.1 Å². The first-order chi connectivity index (χ1) is 16.5. The van der Waals surface area contributed by atoms with Crippen LogP contribution in [0.1, 0.15) is 5.76 Å². The van der Waals surface area contributed by atoms with Gasteiger partial charge in [-0.15, -0.1) is 0 Å². The highest BCUT2D eigenvalue weighted by atomic mass is 16.3. The molecule has 0 bridgehead atoms. The number of likely N-dealkylation sites (N-methyl/N-ethyl adjacent to an activating group) is 1. The Balaban J connectivity index is 0.000000166. The Hall–Kier alpha value is -3.36. The first-order valence-electron chi connectivity index (χ1n) is 11.8. The van der Waals surface area contributed by atoms with Crippen LogP contribution in [0.2, 0.25) is 0 Å². The molecule has 34 heavy (non-hydrogen) atoms. The maximum absolute atomic E-state index is 12.0. The summed E-state index contributed by atoms with van der Waals surface area (Å²) >= 11 is 0. The van der Waals surface area contributed by atoms with E-state index in [1.165, 1.54) is 5.69 Å². The minimum absolute atomic E-state index is 0.0368. The Morgan fingerprint density at radius 1 is 0.941 bits per heavy atom. The molecule has 1 amide bonds. The Morgan fingerprint density at radius 2 is 1.65 bits per heavy atom. The van der Waals surface area contributed by atoms with Crippen LogP contribution < -0.4 is 25.9 Å². The Labute approximate surface area is 200 Å². The Morgan fingerprint density at radius 3 is 2.32 bits per heavy atom. The molecular weight excluding hydrogens is 430 g/mol. The zero-order valence-corrected chi connectivity index (χ0v) is 19.9. The number of anilines is 3. The second kappa shape index (κ2) is 11.2. The monoisotopic (exact) mass is 463 g/mol. The third-order valence-electron chi connectivity index (χ3n) is 6.28. The Kier molecular flexibility index (Phi) is 7.82. The van der Waals surface area contributed by atoms with Gasteiger partial charge in [-0.1, -0.05) is 6.07 Å². The van der Waals surface area contributed by atoms with Gasteiger partial charge in [-0.2, -0.15) is 0 Å². The fraction of sp³-hybridized carbons (Fsp3) is 0.385. The predicted molar refractivity (Wildman–Crippen MR) is 138 cm³/mol. The first-order valence-corrected chi connectivity index (χ1v) is 11.8. The highest BCUT2D eigenvalue weighted by Gasteiger charge is 2.18. The van der Waals surface area contributed by atoms with Gasteiger partial charge >= 0.3 is 0 Å². The number of amides is 1. The number of hydrogen-bond acceptors (Lipinski definition) is 7. The predicted octanol–water partition coefficient (Wildman–Crippen LogP) is 2.52. The number of para-hydroxylation sites is 1. The minimum Gasteiger partial charge on any atom is -0.459 e. The molecule has 8 heteroatoms. The third-order valence-corrected chi connectivity index (χ3v) is 6.28. The normalized spacial score (nSPS) is 16.6. The zero-order chi connectivity index (χ0) is 23.9. The van der Waals surface area contributed by atoms with Crippen LogP contribution in [0.3, 0.4) is 0 Å². The van der Waals surface area contributed by atoms with Gasteiger partial charge in [0.1, 0.15) is 5.76 Å². The summed E-state index contributed by atoms with van der Waals surface area (Å²) in [6.07, 6.45) is 0.694. The molecule has 0 spiro atoms. The summed E-state index contributed by atoms with van der Waals surface area (Å²) in [5.74, 6) is 0.666. The molecule has 1 aromatic heterocycles. The number of nitrogens with zero attached hydrogens (tertiary/aromatic N) is 3. The van der Waals surface area contributed by atoms with E-state index >= 15 is 0 Å². The summed E-state index contributed by atoms with van der Waals surface area (Å²) in [5, 5.41) is 6.61. The highest BCUT2D eigenvalue weighted by molar-refractivity contribution is 5.89. The van der Waals surface area contributed by atoms with Crippen LogP contribution in [-0.2, 0) is 4.79 Å². The van der Waals surface area contributed by atoms with E-state index in [1.54, 1.807) is 6.07 Å². The topological polar surface area (TPSA) is 81.1 Å². The fourth-order valence-corrected chi connectivity index (χ4v) is 4.33. The number of carbonyl (C=O) groups excluding carboxylic acids is 1. The summed E-state index contributed by atoms with van der Waals surface area (Å²) in [7, 11) is 2.13. The standard InChI is InChI=1S/C15H18N2O2.C11H15N3O/c1-11-10-14(18)12-4-3-5-13(15(12)19-11)17-8-6-16(2)7-9-17;15-9-13-10-1-3-11(4-2-10)14-7-5-12-6-8-14/h3-5,10H,6-9H2,1-2H3;1-4,9,12H,5-8H2,(H,13,15). The van der Waals surface area contributed by atoms with Crippen LogP contribution in [0, 0.1) is 6.92 Å². The van der Waals surface area contributed by atoms with E-state index in [2.05, 4.69) is 32.4 Å². The lowest BCUT2D eigenvalue weighted by molar-refractivity contribution is -0.105. The molecule has 2 fully saturated rings. The van der Waals surface area contributed by atoms with Crippen molar-refractivity contribution in [2.45, 2.75) is 6.92 Å². The lowest BCUT2D eigenvalue weighted by Gasteiger charge is -2.34. The molecule has 2 saturated heterocycles. The molecule has 180 valence electrons. The number of nitrogens with one attached hydrogen (secondary N) is 2. The van der Waals surface area contributed by atoms with E-state index in [1.807, 2.05) is 49.4 Å². The summed E-state index contributed by atoms with van der Waals surface area (Å²) in [6.45, 7) is 9.98. The van der Waals surface area contributed by atoms with E-state index in [9.17, 15) is 9.59 Å². The van der Waals surface area contributed by atoms with E-state index in [-0.39, 0.29) is 5.43 Å². The minimum atomic E-state index is 0.0368. The molecule has 2 aliphatic heterocycles. The average molecular weight is 464 g/mol. The SMILES string of the molecule is Cc1cc(=O)c2cccc(N3CCN(C)CC3)c2o1.O=CNc1ccc(N2CCNCC2)cc1. The summed E-state index contributed by atoms with van der Waals surface area (Å²) in [4.78, 5) is 29.2. The molecule has 3 heterocycles. The van der Waals surface area contributed by atoms with Crippen LogP contribution in [0.15, 0.2) is 57.7 Å². The van der Waals surface area contributed by atoms with Crippen molar-refractivity contribution in [3.05, 3.63) is 64.5 Å². The molecule has 0 atom stereocenters. The van der Waals surface area contributed by atoms with Gasteiger partial charge in [0.2, 0.25) is 6.41 Å². The zero-order valence-electron chi connectivity index (χ0n) is 19.9. The molecule has 2 aliphatic rings. The second-order valence-electron chi connectivity index (χ2n) is 8.71. The molecule has 8 nitrogen and oxygen atoms in total. The van der Waals surface area contributed by atoms with Gasteiger partial charge in [-0.05, 0) is 50.4 Å². The van der Waals surface area contributed by atoms with Gasteiger partial charge < -0.3 is 29.8 Å². The second-order valence-corrected chi connectivity index (χ2v) is 8.71. The number of carbonyl (C=O) groups is 1. The number of benzene rings is 2. The molecule has 2 N–H and O–H groups in total. The quantitative estimate of drug-likeness (QED) is 0.576. The van der Waals surface area contributed by atoms with Crippen molar-refractivity contribution in [1.29, 1.82) is 0 Å². The van der Waals surface area contributed by atoms with Gasteiger partial charge in [0, 0.05) is 69.8 Å². The number of piperazine rings is 2. The molecule has 0 aliphatic carbocycles. The van der Waals surface area contributed by atoms with Crippen molar-refractivity contribution in [2.75, 3.05) is 74.5 Å². The lowest BCUT2D eigenvalue weighted by atomic mass is 10.1. The van der Waals surface area contributed by atoms with Crippen molar-refractivity contribution in [1.82, 2.24) is 10.2 Å². The molecule has 5 rings (SSSR count). The molecule has 3 aromatic rings. The van der Waals surface area contributed by atoms with Gasteiger partial charge in [0.15, 0.2) is 11.0 Å². The van der Waals surface area contributed by atoms with Crippen LogP contribution >= 0.6 is 0 Å². The van der Waals surface area contributed by atoms with Crippen molar-refractivity contribution in [3.8, 4) is 0 Å². The maximum atomic E-state index is 12.0. The molecule has 2 aromatic carbocycles. The van der Waals surface area contributed by atoms with Crippen molar-refractivity contribution in [3.63, 3.8) is 0 Å². The van der Waals surface area contributed by atoms with E-state index < -0.39 is 0 Å². The summed E-state index contributed by atoms with van der Waals surface area (Å²) in [5.41, 5.74) is 3.84. The van der Waals surface area contributed by atoms with E-state index in [0.29, 0.717) is 17.6 Å².